The molecule has 1 amide bonds. The molecule has 1 aromatic rings. The number of hydrogen-bond acceptors (Lipinski definition) is 2. The summed E-state index contributed by atoms with van der Waals surface area (Å²) in [4.78, 5) is 14.5. The summed E-state index contributed by atoms with van der Waals surface area (Å²) >= 11 is 0. The third-order valence-corrected chi connectivity index (χ3v) is 4.46. The van der Waals surface area contributed by atoms with Crippen LogP contribution in [0.5, 0.6) is 0 Å². The van der Waals surface area contributed by atoms with Crippen molar-refractivity contribution in [3.8, 4) is 0 Å². The predicted molar refractivity (Wildman–Crippen MR) is 73.3 cm³/mol. The number of carbonyl (C=O) groups is 1. The van der Waals surface area contributed by atoms with Crippen LogP contribution in [0, 0.1) is 19.8 Å². The highest BCUT2D eigenvalue weighted by Gasteiger charge is 2.31. The minimum absolute atomic E-state index is 0.135. The monoisotopic (exact) mass is 262 g/mol. The zero-order valence-electron chi connectivity index (χ0n) is 11.7. The normalized spacial score (nSPS) is 23.1. The first-order valence-corrected chi connectivity index (χ1v) is 7.20. The van der Waals surface area contributed by atoms with Crippen LogP contribution in [-0.2, 0) is 0 Å². The number of nitrogens with zero attached hydrogens (tertiary/aromatic N) is 2. The molecule has 19 heavy (non-hydrogen) atoms. The quantitative estimate of drug-likeness (QED) is 0.904. The van der Waals surface area contributed by atoms with Gasteiger partial charge in [-0.3, -0.25) is 4.79 Å². The molecule has 0 bridgehead atoms. The molecule has 1 aromatic heterocycles. The van der Waals surface area contributed by atoms with Gasteiger partial charge in [-0.15, -0.1) is 0 Å². The molecule has 2 fully saturated rings. The van der Waals surface area contributed by atoms with E-state index in [4.69, 9.17) is 0 Å². The van der Waals surface area contributed by atoms with Gasteiger partial charge in [-0.2, -0.15) is 0 Å². The minimum atomic E-state index is 0.135. The molecule has 3 rings (SSSR count). The number of aromatic nitrogens is 1. The Hall–Kier alpha value is -1.29. The second kappa shape index (κ2) is 4.67. The molecule has 2 aliphatic rings. The molecule has 1 unspecified atom stereocenters. The number of amides is 1. The molecule has 4 heteroatoms. The summed E-state index contributed by atoms with van der Waals surface area (Å²) in [5.41, 5.74) is 3.15. The molecule has 2 heterocycles. The van der Waals surface area contributed by atoms with Crippen molar-refractivity contribution in [3.63, 3.8) is 0 Å². The average Bonchev–Trinajstić information content (AvgIpc) is 3.02. The Labute approximate surface area is 114 Å². The van der Waals surface area contributed by atoms with Crippen molar-refractivity contribution in [1.82, 2.24) is 9.47 Å². The molecule has 1 N–H and O–H groups in total. The number of rotatable bonds is 3. The third-order valence-electron chi connectivity index (χ3n) is 4.46. The van der Waals surface area contributed by atoms with Gasteiger partial charge < -0.3 is 14.6 Å². The zero-order valence-corrected chi connectivity index (χ0v) is 11.7. The second-order valence-electron chi connectivity index (χ2n) is 5.97. The van der Waals surface area contributed by atoms with E-state index in [1.165, 1.54) is 18.5 Å². The van der Waals surface area contributed by atoms with Gasteiger partial charge in [0, 0.05) is 43.0 Å². The topological polar surface area (TPSA) is 45.5 Å². The Bertz CT molecular complexity index is 502. The SMILES string of the molecule is Cc1cc(C(=O)N2CCC(CO)C2)c(C)n1C1CC1. The highest BCUT2D eigenvalue weighted by Crippen LogP contribution is 2.38. The molecule has 1 atom stereocenters. The predicted octanol–water partition coefficient (Wildman–Crippen LogP) is 1.89. The van der Waals surface area contributed by atoms with Crippen molar-refractivity contribution >= 4 is 5.91 Å². The summed E-state index contributed by atoms with van der Waals surface area (Å²) in [6.07, 6.45) is 3.39. The summed E-state index contributed by atoms with van der Waals surface area (Å²) in [7, 11) is 0. The van der Waals surface area contributed by atoms with Crippen molar-refractivity contribution in [2.45, 2.75) is 39.2 Å². The molecule has 104 valence electrons. The van der Waals surface area contributed by atoms with Crippen LogP contribution in [0.25, 0.3) is 0 Å². The van der Waals surface area contributed by atoms with Crippen LogP contribution in [-0.4, -0.2) is 40.2 Å². The fraction of sp³-hybridized carbons (Fsp3) is 0.667. The van der Waals surface area contributed by atoms with Gasteiger partial charge in [0.05, 0.1) is 5.56 Å². The Morgan fingerprint density at radius 3 is 2.68 bits per heavy atom. The Kier molecular flexibility index (Phi) is 3.13. The summed E-state index contributed by atoms with van der Waals surface area (Å²) in [5, 5.41) is 9.18. The molecule has 1 aliphatic heterocycles. The van der Waals surface area contributed by atoms with Crippen molar-refractivity contribution in [1.29, 1.82) is 0 Å². The fourth-order valence-corrected chi connectivity index (χ4v) is 3.22. The van der Waals surface area contributed by atoms with Gasteiger partial charge in [-0.25, -0.2) is 0 Å². The second-order valence-corrected chi connectivity index (χ2v) is 5.97. The van der Waals surface area contributed by atoms with Crippen LogP contribution >= 0.6 is 0 Å². The molecule has 0 aromatic carbocycles. The van der Waals surface area contributed by atoms with E-state index in [0.717, 1.165) is 24.2 Å². The Morgan fingerprint density at radius 2 is 2.11 bits per heavy atom. The number of likely N-dealkylation sites (tertiary alicyclic amines) is 1. The van der Waals surface area contributed by atoms with Gasteiger partial charge in [0.15, 0.2) is 0 Å². The third kappa shape index (κ3) is 2.18. The van der Waals surface area contributed by atoms with Crippen molar-refractivity contribution < 1.29 is 9.90 Å². The van der Waals surface area contributed by atoms with Gasteiger partial charge in [-0.1, -0.05) is 0 Å². The lowest BCUT2D eigenvalue weighted by atomic mass is 10.1. The fourth-order valence-electron chi connectivity index (χ4n) is 3.22. The maximum atomic E-state index is 12.6. The number of hydrogen-bond donors (Lipinski definition) is 1. The highest BCUT2D eigenvalue weighted by molar-refractivity contribution is 5.96. The van der Waals surface area contributed by atoms with Gasteiger partial charge in [-0.05, 0) is 39.2 Å². The van der Waals surface area contributed by atoms with Gasteiger partial charge in [0.25, 0.3) is 5.91 Å². The minimum Gasteiger partial charge on any atom is -0.396 e. The van der Waals surface area contributed by atoms with E-state index < -0.39 is 0 Å². The first kappa shape index (κ1) is 12.7. The molecule has 1 aliphatic carbocycles. The van der Waals surface area contributed by atoms with Crippen LogP contribution in [0.15, 0.2) is 6.07 Å². The van der Waals surface area contributed by atoms with E-state index in [9.17, 15) is 9.90 Å². The van der Waals surface area contributed by atoms with E-state index >= 15 is 0 Å². The highest BCUT2D eigenvalue weighted by atomic mass is 16.3. The Balaban J connectivity index is 1.82. The first-order chi connectivity index (χ1) is 9.11. The maximum Gasteiger partial charge on any atom is 0.255 e. The van der Waals surface area contributed by atoms with E-state index in [-0.39, 0.29) is 18.4 Å². The lowest BCUT2D eigenvalue weighted by Gasteiger charge is -2.16. The molecular formula is C15H22N2O2. The van der Waals surface area contributed by atoms with Crippen molar-refractivity contribution in [2.24, 2.45) is 5.92 Å². The smallest absolute Gasteiger partial charge is 0.255 e. The standard InChI is InChI=1S/C15H22N2O2/c1-10-7-14(11(2)17(10)13-3-4-13)15(19)16-6-5-12(8-16)9-18/h7,12-13,18H,3-6,8-9H2,1-2H3. The molecule has 1 saturated heterocycles. The van der Waals surface area contributed by atoms with Crippen LogP contribution < -0.4 is 0 Å². The van der Waals surface area contributed by atoms with Gasteiger partial charge in [0.1, 0.15) is 0 Å². The van der Waals surface area contributed by atoms with E-state index in [1.54, 1.807) is 0 Å². The van der Waals surface area contributed by atoms with Crippen LogP contribution in [0.3, 0.4) is 0 Å². The summed E-state index contributed by atoms with van der Waals surface area (Å²) in [6, 6.07) is 2.65. The van der Waals surface area contributed by atoms with Crippen LogP contribution in [0.2, 0.25) is 0 Å². The summed E-state index contributed by atoms with van der Waals surface area (Å²) < 4.78 is 2.31. The van der Waals surface area contributed by atoms with Crippen molar-refractivity contribution in [2.75, 3.05) is 19.7 Å². The van der Waals surface area contributed by atoms with Crippen molar-refractivity contribution in [3.05, 3.63) is 23.0 Å². The number of aliphatic hydroxyl groups is 1. The van der Waals surface area contributed by atoms with E-state index in [2.05, 4.69) is 18.4 Å². The van der Waals surface area contributed by atoms with E-state index in [0.29, 0.717) is 12.6 Å². The summed E-state index contributed by atoms with van der Waals surface area (Å²) in [5.74, 6) is 0.395. The molecule has 1 saturated carbocycles. The van der Waals surface area contributed by atoms with Gasteiger partial charge in [0.2, 0.25) is 0 Å². The number of aryl methyl sites for hydroxylation is 1. The molecule has 0 radical (unpaired) electrons. The zero-order chi connectivity index (χ0) is 13.6. The Morgan fingerprint density at radius 1 is 1.37 bits per heavy atom. The maximum absolute atomic E-state index is 12.6. The number of carbonyl (C=O) groups excluding carboxylic acids is 1. The first-order valence-electron chi connectivity index (χ1n) is 7.20. The van der Waals surface area contributed by atoms with Gasteiger partial charge >= 0.3 is 0 Å². The summed E-state index contributed by atoms with van der Waals surface area (Å²) in [6.45, 7) is 5.80. The lowest BCUT2D eigenvalue weighted by molar-refractivity contribution is 0.0781. The average molecular weight is 262 g/mol. The van der Waals surface area contributed by atoms with E-state index in [1.807, 2.05) is 11.0 Å². The lowest BCUT2D eigenvalue weighted by Crippen LogP contribution is -2.29. The van der Waals surface area contributed by atoms with Crippen LogP contribution in [0.4, 0.5) is 0 Å². The number of aliphatic hydroxyl groups excluding tert-OH is 1. The molecular weight excluding hydrogens is 240 g/mol. The molecule has 4 nitrogen and oxygen atoms in total. The van der Waals surface area contributed by atoms with Crippen LogP contribution in [0.1, 0.15) is 47.1 Å². The molecule has 0 spiro atoms. The largest absolute Gasteiger partial charge is 0.396 e.